The lowest BCUT2D eigenvalue weighted by Gasteiger charge is -2.19. The Morgan fingerprint density at radius 1 is 1.25 bits per heavy atom. The summed E-state index contributed by atoms with van der Waals surface area (Å²) < 4.78 is 32.2. The number of halogens is 3. The minimum absolute atomic E-state index is 0.155. The van der Waals surface area contributed by atoms with Gasteiger partial charge in [-0.25, -0.2) is 14.3 Å². The number of hydrogen-bond acceptors (Lipinski definition) is 3. The van der Waals surface area contributed by atoms with E-state index in [0.29, 0.717) is 13.2 Å². The number of benzene rings is 1. The Bertz CT molecular complexity index is 409. The van der Waals surface area contributed by atoms with Gasteiger partial charge in [0.1, 0.15) is 24.8 Å². The second-order valence-corrected chi connectivity index (χ2v) is 3.83. The molecule has 1 N–H and O–H groups in total. The molecular weight excluding hydrogens is 284 g/mol. The Morgan fingerprint density at radius 3 is 2.50 bits per heavy atom. The second-order valence-electron chi connectivity index (χ2n) is 3.04. The van der Waals surface area contributed by atoms with E-state index >= 15 is 0 Å². The van der Waals surface area contributed by atoms with Gasteiger partial charge in [0.05, 0.1) is 10.0 Å². The van der Waals surface area contributed by atoms with Gasteiger partial charge in [0.25, 0.3) is 0 Å². The third kappa shape index (κ3) is 2.17. The van der Waals surface area contributed by atoms with Crippen LogP contribution in [0.15, 0.2) is 24.1 Å². The van der Waals surface area contributed by atoms with Gasteiger partial charge in [-0.3, -0.25) is 4.84 Å². The fourth-order valence-electron chi connectivity index (χ4n) is 1.26. The smallest absolute Gasteiger partial charge is 0.226 e. The van der Waals surface area contributed by atoms with Gasteiger partial charge in [-0.1, -0.05) is 6.07 Å². The predicted octanol–water partition coefficient (Wildman–Crippen LogP) is 2.54. The van der Waals surface area contributed by atoms with Crippen molar-refractivity contribution in [2.24, 2.45) is 0 Å². The summed E-state index contributed by atoms with van der Waals surface area (Å²) in [5, 5.41) is 0. The van der Waals surface area contributed by atoms with E-state index in [-0.39, 0.29) is 15.9 Å². The minimum Gasteiger partial charge on any atom is -0.474 e. The monoisotopic (exact) mass is 291 g/mol. The lowest BCUT2D eigenvalue weighted by molar-refractivity contribution is -0.0555. The molecule has 0 amide bonds. The number of rotatable bonds is 1. The standard InChI is InChI=1S/C10H8BrF2NO2/c11-9(10-14-16-5-4-15-10)8-6(12)2-1-3-7(8)13/h1-3,14H,4-5H2. The zero-order chi connectivity index (χ0) is 11.5. The maximum atomic E-state index is 13.4. The van der Waals surface area contributed by atoms with Crippen LogP contribution in [0.5, 0.6) is 0 Å². The maximum Gasteiger partial charge on any atom is 0.226 e. The van der Waals surface area contributed by atoms with E-state index in [1.807, 2.05) is 0 Å². The molecule has 1 aliphatic rings. The van der Waals surface area contributed by atoms with Gasteiger partial charge >= 0.3 is 0 Å². The van der Waals surface area contributed by atoms with Gasteiger partial charge in [-0.2, -0.15) is 0 Å². The van der Waals surface area contributed by atoms with Crippen LogP contribution >= 0.6 is 15.9 Å². The van der Waals surface area contributed by atoms with E-state index in [4.69, 9.17) is 9.57 Å². The Hall–Kier alpha value is -1.14. The highest BCUT2D eigenvalue weighted by molar-refractivity contribution is 9.15. The minimum atomic E-state index is -0.671. The summed E-state index contributed by atoms with van der Waals surface area (Å²) in [4.78, 5) is 4.90. The summed E-state index contributed by atoms with van der Waals surface area (Å²) in [6.07, 6.45) is 0. The fourth-order valence-corrected chi connectivity index (χ4v) is 1.83. The largest absolute Gasteiger partial charge is 0.474 e. The molecular formula is C10H8BrF2NO2. The summed E-state index contributed by atoms with van der Waals surface area (Å²) in [5.41, 5.74) is 2.26. The molecule has 0 aromatic heterocycles. The second kappa shape index (κ2) is 4.80. The van der Waals surface area contributed by atoms with E-state index in [9.17, 15) is 8.78 Å². The molecule has 6 heteroatoms. The summed E-state index contributed by atoms with van der Waals surface area (Å²) in [7, 11) is 0. The Kier molecular flexibility index (Phi) is 3.40. The highest BCUT2D eigenvalue weighted by Crippen LogP contribution is 2.29. The van der Waals surface area contributed by atoms with Crippen molar-refractivity contribution in [1.29, 1.82) is 0 Å². The van der Waals surface area contributed by atoms with Crippen molar-refractivity contribution in [3.05, 3.63) is 41.3 Å². The van der Waals surface area contributed by atoms with Crippen LogP contribution in [-0.2, 0) is 9.57 Å². The molecule has 1 fully saturated rings. The van der Waals surface area contributed by atoms with Crippen LogP contribution in [0.25, 0.3) is 4.48 Å². The number of ether oxygens (including phenoxy) is 1. The van der Waals surface area contributed by atoms with E-state index in [0.717, 1.165) is 0 Å². The van der Waals surface area contributed by atoms with Gasteiger partial charge in [-0.05, 0) is 28.1 Å². The highest BCUT2D eigenvalue weighted by atomic mass is 79.9. The number of nitrogens with one attached hydrogen (secondary N) is 1. The molecule has 1 heterocycles. The van der Waals surface area contributed by atoms with Crippen molar-refractivity contribution in [3.63, 3.8) is 0 Å². The molecule has 0 spiro atoms. The first kappa shape index (κ1) is 11.3. The van der Waals surface area contributed by atoms with Crippen LogP contribution in [0.4, 0.5) is 8.78 Å². The van der Waals surface area contributed by atoms with Crippen molar-refractivity contribution in [3.8, 4) is 0 Å². The van der Waals surface area contributed by atoms with Crippen LogP contribution < -0.4 is 5.48 Å². The highest BCUT2D eigenvalue weighted by Gasteiger charge is 2.18. The first-order valence-electron chi connectivity index (χ1n) is 4.55. The summed E-state index contributed by atoms with van der Waals surface area (Å²) in [6.45, 7) is 0.705. The van der Waals surface area contributed by atoms with E-state index in [1.54, 1.807) is 0 Å². The lowest BCUT2D eigenvalue weighted by atomic mass is 10.2. The Labute approximate surface area is 99.1 Å². The van der Waals surface area contributed by atoms with Crippen molar-refractivity contribution in [2.45, 2.75) is 0 Å². The van der Waals surface area contributed by atoms with Gasteiger partial charge in [0.2, 0.25) is 5.88 Å². The molecule has 0 atom stereocenters. The predicted molar refractivity (Wildman–Crippen MR) is 57.2 cm³/mol. The van der Waals surface area contributed by atoms with E-state index < -0.39 is 11.6 Å². The first-order chi connectivity index (χ1) is 7.70. The summed E-state index contributed by atoms with van der Waals surface area (Å²) >= 11 is 3.08. The molecule has 1 saturated heterocycles. The van der Waals surface area contributed by atoms with Crippen LogP contribution in [0, 0.1) is 11.6 Å². The molecule has 0 radical (unpaired) electrons. The van der Waals surface area contributed by atoms with Gasteiger partial charge in [0, 0.05) is 0 Å². The number of hydroxylamine groups is 1. The average Bonchev–Trinajstić information content (AvgIpc) is 2.30. The molecule has 0 unspecified atom stereocenters. The molecule has 1 aromatic rings. The summed E-state index contributed by atoms with van der Waals surface area (Å²) in [5.74, 6) is -1.18. The topological polar surface area (TPSA) is 30.5 Å². The molecule has 86 valence electrons. The molecule has 0 bridgehead atoms. The third-order valence-electron chi connectivity index (χ3n) is 1.98. The molecule has 0 aliphatic carbocycles. The van der Waals surface area contributed by atoms with Crippen molar-refractivity contribution in [1.82, 2.24) is 5.48 Å². The summed E-state index contributed by atoms with van der Waals surface area (Å²) in [6, 6.07) is 3.64. The van der Waals surface area contributed by atoms with Crippen LogP contribution in [0.2, 0.25) is 0 Å². The van der Waals surface area contributed by atoms with Crippen molar-refractivity contribution >= 4 is 20.4 Å². The molecule has 2 rings (SSSR count). The quantitative estimate of drug-likeness (QED) is 0.863. The van der Waals surface area contributed by atoms with E-state index in [2.05, 4.69) is 21.4 Å². The van der Waals surface area contributed by atoms with Crippen LogP contribution in [-0.4, -0.2) is 13.2 Å². The SMILES string of the molecule is Fc1cccc(F)c1C(Br)=C1NOCCO1. The third-order valence-corrected chi connectivity index (χ3v) is 2.73. The molecule has 16 heavy (non-hydrogen) atoms. The van der Waals surface area contributed by atoms with Crippen LogP contribution in [0.1, 0.15) is 5.56 Å². The Balaban J connectivity index is 2.43. The maximum absolute atomic E-state index is 13.4. The van der Waals surface area contributed by atoms with Gasteiger partial charge < -0.3 is 4.74 Å². The zero-order valence-electron chi connectivity index (χ0n) is 8.10. The first-order valence-corrected chi connectivity index (χ1v) is 5.34. The number of hydrogen-bond donors (Lipinski definition) is 1. The van der Waals surface area contributed by atoms with Crippen LogP contribution in [0.3, 0.4) is 0 Å². The van der Waals surface area contributed by atoms with E-state index in [1.165, 1.54) is 18.2 Å². The average molecular weight is 292 g/mol. The van der Waals surface area contributed by atoms with Gasteiger partial charge in [-0.15, -0.1) is 0 Å². The Morgan fingerprint density at radius 2 is 1.94 bits per heavy atom. The normalized spacial score (nSPS) is 18.7. The zero-order valence-corrected chi connectivity index (χ0v) is 9.68. The lowest BCUT2D eigenvalue weighted by Crippen LogP contribution is -2.26. The fraction of sp³-hybridized carbons (Fsp3) is 0.200. The molecule has 3 nitrogen and oxygen atoms in total. The molecule has 1 aliphatic heterocycles. The molecule has 1 aromatic carbocycles. The van der Waals surface area contributed by atoms with Crippen molar-refractivity contribution in [2.75, 3.05) is 13.2 Å². The van der Waals surface area contributed by atoms with Gasteiger partial charge in [0.15, 0.2) is 0 Å². The molecule has 0 saturated carbocycles. The van der Waals surface area contributed by atoms with Crippen molar-refractivity contribution < 1.29 is 18.4 Å².